The zero-order valence-corrected chi connectivity index (χ0v) is 41.3. The number of aromatic amines is 2. The Morgan fingerprint density at radius 1 is 0.747 bits per heavy atom. The average molecular weight is 1150 g/mol. The van der Waals surface area contributed by atoms with Crippen molar-refractivity contribution >= 4 is 82.5 Å². The summed E-state index contributed by atoms with van der Waals surface area (Å²) in [6, 6.07) is 0. The SMILES string of the molecule is CO[C@H]1[C@@H](O)[C@H]([n+]2cn(C)c3c(=O)[nH]c(N)nc32)O[C@@H]1COP(=O)(O)OP(=O)(O)OP(=O)(O)OC[C@H]1O[C@@H](n2cnc3c(N)ncnc32)[C@H](F)[C@@H]1OP(=O)(O)OC[C@H]1O[C@@H](n2nnc3c(=O)[nH]c(N)nc32)[C@H](O)[C@@H]1O. The van der Waals surface area contributed by atoms with Gasteiger partial charge in [-0.1, -0.05) is 10.2 Å². The number of imidazole rings is 2. The molecule has 0 amide bonds. The van der Waals surface area contributed by atoms with Gasteiger partial charge in [0.05, 0.1) is 33.2 Å². The number of nitrogens with two attached hydrogens (primary N) is 3. The molecule has 6 aromatic rings. The molecule has 44 heteroatoms. The lowest BCUT2D eigenvalue weighted by molar-refractivity contribution is -0.745. The molecular formula is C31H42FN16O23P4+. The van der Waals surface area contributed by atoms with Gasteiger partial charge in [0.15, 0.2) is 47.6 Å². The van der Waals surface area contributed by atoms with E-state index in [1.165, 1.54) is 22.5 Å². The summed E-state index contributed by atoms with van der Waals surface area (Å²) in [5, 5.41) is 39.9. The van der Waals surface area contributed by atoms with E-state index in [2.05, 4.69) is 53.8 Å². The van der Waals surface area contributed by atoms with Crippen LogP contribution >= 0.6 is 31.3 Å². The van der Waals surface area contributed by atoms with E-state index in [9.17, 15) is 62.7 Å². The van der Waals surface area contributed by atoms with E-state index in [-0.39, 0.29) is 51.2 Å². The number of halogens is 1. The first-order chi connectivity index (χ1) is 35.2. The van der Waals surface area contributed by atoms with Crippen LogP contribution in [0.5, 0.6) is 0 Å². The quantitative estimate of drug-likeness (QED) is 0.0269. The van der Waals surface area contributed by atoms with Gasteiger partial charge < -0.3 is 71.0 Å². The third-order valence-electron chi connectivity index (χ3n) is 11.4. The summed E-state index contributed by atoms with van der Waals surface area (Å²) in [6.07, 6.45) is -18.6. The highest BCUT2D eigenvalue weighted by atomic mass is 31.3. The molecule has 3 saturated heterocycles. The minimum atomic E-state index is -6.23. The minimum Gasteiger partial charge on any atom is -0.387 e. The Kier molecular flexibility index (Phi) is 14.7. The van der Waals surface area contributed by atoms with Gasteiger partial charge >= 0.3 is 36.9 Å². The number of aliphatic hydroxyl groups is 3. The van der Waals surface area contributed by atoms with Crippen molar-refractivity contribution in [3.8, 4) is 0 Å². The molecule has 0 aliphatic carbocycles. The van der Waals surface area contributed by atoms with Crippen LogP contribution in [-0.4, -0.2) is 176 Å². The van der Waals surface area contributed by atoms with Crippen molar-refractivity contribution in [3.63, 3.8) is 0 Å². The number of phosphoric ester groups is 3. The molecule has 39 nitrogen and oxygen atoms in total. The van der Waals surface area contributed by atoms with Crippen LogP contribution in [0.1, 0.15) is 18.7 Å². The van der Waals surface area contributed by atoms with E-state index in [0.717, 1.165) is 29.0 Å². The number of aromatic nitrogens is 13. The third kappa shape index (κ3) is 10.9. The maximum absolute atomic E-state index is 16.5. The number of aliphatic hydroxyl groups excluding tert-OH is 3. The number of alkyl halides is 1. The predicted octanol–water partition coefficient (Wildman–Crippen LogP) is -4.34. The average Bonchev–Trinajstić information content (AvgIpc) is 4.16. The van der Waals surface area contributed by atoms with Gasteiger partial charge in [0.1, 0.15) is 60.7 Å². The molecular weight excluding hydrogens is 1110 g/mol. The smallest absolute Gasteiger partial charge is 0.387 e. The molecule has 16 atom stereocenters. The molecule has 9 heterocycles. The lowest BCUT2D eigenvalue weighted by Gasteiger charge is -2.24. The molecule has 6 aromatic heterocycles. The monoisotopic (exact) mass is 1150 g/mol. The molecule has 0 bridgehead atoms. The van der Waals surface area contributed by atoms with Crippen LogP contribution in [0.25, 0.3) is 33.5 Å². The zero-order chi connectivity index (χ0) is 54.3. The first-order valence-corrected chi connectivity index (χ1v) is 27.0. The fraction of sp³-hybridized carbons (Fsp3) is 0.548. The number of ether oxygens (including phenoxy) is 4. The maximum Gasteiger partial charge on any atom is 0.490 e. The van der Waals surface area contributed by atoms with Crippen molar-refractivity contribution in [1.82, 2.24) is 59.0 Å². The lowest BCUT2D eigenvalue weighted by Crippen LogP contribution is -2.46. The Hall–Kier alpha value is -5.25. The topological polar surface area (TPSA) is 555 Å². The van der Waals surface area contributed by atoms with E-state index in [0.29, 0.717) is 0 Å². The van der Waals surface area contributed by atoms with Crippen LogP contribution in [0.3, 0.4) is 0 Å². The normalized spacial score (nSPS) is 30.5. The van der Waals surface area contributed by atoms with Crippen molar-refractivity contribution < 1.29 is 108 Å². The highest BCUT2D eigenvalue weighted by Crippen LogP contribution is 2.68. The van der Waals surface area contributed by atoms with Gasteiger partial charge in [0, 0.05) is 7.11 Å². The maximum atomic E-state index is 16.5. The van der Waals surface area contributed by atoms with Crippen LogP contribution in [0.15, 0.2) is 28.6 Å². The van der Waals surface area contributed by atoms with Crippen molar-refractivity contribution in [3.05, 3.63) is 39.7 Å². The Morgan fingerprint density at radius 2 is 1.36 bits per heavy atom. The second-order valence-electron chi connectivity index (χ2n) is 16.3. The number of hydrogen-bond acceptors (Lipinski definition) is 29. The Bertz CT molecular complexity index is 3470. The van der Waals surface area contributed by atoms with E-state index >= 15 is 4.39 Å². The second-order valence-corrected chi connectivity index (χ2v) is 22.3. The molecule has 410 valence electrons. The van der Waals surface area contributed by atoms with Gasteiger partial charge in [0.2, 0.25) is 17.7 Å². The van der Waals surface area contributed by atoms with Crippen LogP contribution < -0.4 is 32.9 Å². The molecule has 3 fully saturated rings. The number of phosphoric acid groups is 4. The number of nitrogen functional groups attached to an aromatic ring is 3. The van der Waals surface area contributed by atoms with Crippen LogP contribution in [-0.2, 0) is 71.0 Å². The molecule has 15 N–H and O–H groups in total. The molecule has 3 aliphatic heterocycles. The number of H-pyrrole nitrogens is 2. The van der Waals surface area contributed by atoms with Gasteiger partial charge in [-0.25, -0.2) is 42.2 Å². The summed E-state index contributed by atoms with van der Waals surface area (Å²) < 4.78 is 123. The molecule has 0 spiro atoms. The fourth-order valence-electron chi connectivity index (χ4n) is 8.17. The third-order valence-corrected chi connectivity index (χ3v) is 16.6. The molecule has 0 radical (unpaired) electrons. The molecule has 0 aromatic carbocycles. The molecule has 4 unspecified atom stereocenters. The van der Waals surface area contributed by atoms with E-state index < -0.39 is 136 Å². The first kappa shape index (κ1) is 54.5. The van der Waals surface area contributed by atoms with Crippen LogP contribution in [0, 0.1) is 0 Å². The number of rotatable bonds is 19. The van der Waals surface area contributed by atoms with Gasteiger partial charge in [-0.05, 0) is 0 Å². The zero-order valence-electron chi connectivity index (χ0n) is 37.8. The standard InChI is InChI=1S/C31H41FN16O23P4/c1-45-8-47(24-15(45)26(53)42-31(35)40-24)28-18(51)20(62-2)11(68-28)5-65-74(58,59)71-75(60,61)70-73(56,57)64-4-10-19(12(32)27(67-10)46-7-38-13-21(33)36-6-37-22(13)46)69-72(54,55)63-3-9-16(49)17(50)29(66-9)48-23-14(43-44-48)25(52)41-30(34)39-23/h6-12,16-20,27-29,49-51H,3-5H2,1-2H3,(H11-,33,34,35,36,37,39,40,41,42,44,52,53,54,55,56,57,58,59,60,61)/p+1/t9-,10-,11-,12-,16-,17-,18-,19-,20-,27-,28-,29-/m1/s1. The van der Waals surface area contributed by atoms with Gasteiger partial charge in [-0.2, -0.15) is 18.3 Å². The highest BCUT2D eigenvalue weighted by molar-refractivity contribution is 7.66. The summed E-state index contributed by atoms with van der Waals surface area (Å²) in [6.45, 7) is -3.56. The van der Waals surface area contributed by atoms with Gasteiger partial charge in [-0.3, -0.25) is 46.8 Å². The summed E-state index contributed by atoms with van der Waals surface area (Å²) >= 11 is 0. The largest absolute Gasteiger partial charge is 0.490 e. The number of nitrogens with zero attached hydrogens (tertiary/aromatic N) is 11. The number of methoxy groups -OCH3 is 1. The van der Waals surface area contributed by atoms with Crippen molar-refractivity contribution in [1.29, 1.82) is 0 Å². The second kappa shape index (κ2) is 20.3. The van der Waals surface area contributed by atoms with Crippen molar-refractivity contribution in [2.45, 2.75) is 73.7 Å². The Labute approximate surface area is 413 Å². The summed E-state index contributed by atoms with van der Waals surface area (Å²) in [5.41, 5.74) is 14.8. The van der Waals surface area contributed by atoms with Gasteiger partial charge in [0.25, 0.3) is 17.1 Å². The number of aryl methyl sites for hydroxylation is 1. The lowest BCUT2D eigenvalue weighted by atomic mass is 10.1. The fourth-order valence-corrected chi connectivity index (χ4v) is 12.6. The van der Waals surface area contributed by atoms with E-state index in [1.807, 2.05) is 0 Å². The minimum absolute atomic E-state index is 0.00856. The highest BCUT2D eigenvalue weighted by Gasteiger charge is 2.54. The van der Waals surface area contributed by atoms with E-state index in [4.69, 9.17) is 54.2 Å². The summed E-state index contributed by atoms with van der Waals surface area (Å²) in [4.78, 5) is 91.0. The van der Waals surface area contributed by atoms with Crippen LogP contribution in [0.2, 0.25) is 0 Å². The summed E-state index contributed by atoms with van der Waals surface area (Å²) in [5.74, 6) is -0.835. The van der Waals surface area contributed by atoms with Gasteiger partial charge in [-0.15, -0.1) is 5.10 Å². The Balaban J connectivity index is 0.855. The number of hydrogen-bond donors (Lipinski definition) is 12. The van der Waals surface area contributed by atoms with Crippen molar-refractivity contribution in [2.24, 2.45) is 7.05 Å². The number of anilines is 3. The molecule has 3 aliphatic rings. The first-order valence-electron chi connectivity index (χ1n) is 21.0. The molecule has 9 rings (SSSR count). The number of fused-ring (bicyclic) bond motifs is 3. The molecule has 75 heavy (non-hydrogen) atoms. The number of nitrogens with one attached hydrogen (secondary N) is 2. The predicted molar refractivity (Wildman–Crippen MR) is 236 cm³/mol. The Morgan fingerprint density at radius 3 is 2.04 bits per heavy atom. The van der Waals surface area contributed by atoms with E-state index in [1.54, 1.807) is 0 Å². The summed E-state index contributed by atoms with van der Waals surface area (Å²) in [7, 11) is -21.1. The molecule has 0 saturated carbocycles. The van der Waals surface area contributed by atoms with Crippen molar-refractivity contribution in [2.75, 3.05) is 44.1 Å². The van der Waals surface area contributed by atoms with Crippen LogP contribution in [0.4, 0.5) is 22.1 Å².